The molecule has 0 nitrogen and oxygen atoms in total. The first-order valence-electron chi connectivity index (χ1n) is 7.24. The fraction of sp³-hybridized carbons (Fsp3) is 0.647. The van der Waals surface area contributed by atoms with Crippen molar-refractivity contribution in [3.05, 3.63) is 35.9 Å². The van der Waals surface area contributed by atoms with Crippen LogP contribution in [0.2, 0.25) is 0 Å². The highest BCUT2D eigenvalue weighted by molar-refractivity contribution is 9.10. The van der Waals surface area contributed by atoms with Crippen LogP contribution in [0.25, 0.3) is 0 Å². The first kappa shape index (κ1) is 12.7. The molecular weight excluding hydrogens is 284 g/mol. The molecule has 4 unspecified atom stereocenters. The molecule has 2 saturated carbocycles. The second-order valence-electron chi connectivity index (χ2n) is 7.06. The number of benzene rings is 1. The van der Waals surface area contributed by atoms with Gasteiger partial charge in [0.05, 0.1) is 0 Å². The van der Waals surface area contributed by atoms with E-state index in [1.165, 1.54) is 32.1 Å². The Bertz CT molecular complexity index is 418. The molecular formula is C17H23Br. The minimum atomic E-state index is 0.339. The highest BCUT2D eigenvalue weighted by Crippen LogP contribution is 2.57. The Labute approximate surface area is 119 Å². The van der Waals surface area contributed by atoms with Crippen LogP contribution in [0.5, 0.6) is 0 Å². The molecule has 0 saturated heterocycles. The lowest BCUT2D eigenvalue weighted by Crippen LogP contribution is -2.47. The normalized spacial score (nSPS) is 43.7. The van der Waals surface area contributed by atoms with Crippen molar-refractivity contribution in [3.8, 4) is 0 Å². The van der Waals surface area contributed by atoms with Crippen molar-refractivity contribution in [2.45, 2.75) is 55.7 Å². The molecule has 0 aliphatic heterocycles. The van der Waals surface area contributed by atoms with E-state index in [9.17, 15) is 0 Å². The Morgan fingerprint density at radius 3 is 2.56 bits per heavy atom. The van der Waals surface area contributed by atoms with Gasteiger partial charge >= 0.3 is 0 Å². The van der Waals surface area contributed by atoms with Gasteiger partial charge in [0.25, 0.3) is 0 Å². The molecule has 1 aromatic carbocycles. The van der Waals surface area contributed by atoms with Gasteiger partial charge in [0.1, 0.15) is 0 Å². The number of fused-ring (bicyclic) bond motifs is 2. The summed E-state index contributed by atoms with van der Waals surface area (Å²) in [5, 5.41) is 0. The van der Waals surface area contributed by atoms with Crippen LogP contribution in [0.3, 0.4) is 0 Å². The smallest absolute Gasteiger partial charge is 0.0241 e. The summed E-state index contributed by atoms with van der Waals surface area (Å²) in [4.78, 5) is 0. The van der Waals surface area contributed by atoms with Crippen LogP contribution in [-0.4, -0.2) is 4.32 Å². The van der Waals surface area contributed by atoms with Gasteiger partial charge in [-0.25, -0.2) is 0 Å². The topological polar surface area (TPSA) is 0 Å². The third-order valence-corrected chi connectivity index (χ3v) is 5.57. The monoisotopic (exact) mass is 306 g/mol. The van der Waals surface area contributed by atoms with E-state index in [1.54, 1.807) is 5.56 Å². The summed E-state index contributed by atoms with van der Waals surface area (Å²) in [6.45, 7) is 4.84. The van der Waals surface area contributed by atoms with Gasteiger partial charge in [-0.3, -0.25) is 0 Å². The molecule has 98 valence electrons. The molecule has 0 N–H and O–H groups in total. The summed E-state index contributed by atoms with van der Waals surface area (Å²) >= 11 is 4.00. The average Bonchev–Trinajstić information content (AvgIpc) is 2.26. The third kappa shape index (κ3) is 2.27. The van der Waals surface area contributed by atoms with Crippen LogP contribution >= 0.6 is 15.9 Å². The largest absolute Gasteiger partial charge is 0.0856 e. The molecule has 3 rings (SSSR count). The zero-order valence-corrected chi connectivity index (χ0v) is 13.0. The van der Waals surface area contributed by atoms with E-state index in [2.05, 4.69) is 60.1 Å². The van der Waals surface area contributed by atoms with Crippen molar-refractivity contribution in [1.29, 1.82) is 0 Å². The third-order valence-electron chi connectivity index (χ3n) is 4.96. The fourth-order valence-electron chi connectivity index (χ4n) is 4.85. The number of hydrogen-bond acceptors (Lipinski definition) is 0. The van der Waals surface area contributed by atoms with Crippen molar-refractivity contribution in [3.63, 3.8) is 0 Å². The molecule has 0 spiro atoms. The predicted molar refractivity (Wildman–Crippen MR) is 81.2 cm³/mol. The Hall–Kier alpha value is -0.300. The Morgan fingerprint density at radius 2 is 1.83 bits per heavy atom. The van der Waals surface area contributed by atoms with Gasteiger partial charge in [0, 0.05) is 4.32 Å². The maximum Gasteiger partial charge on any atom is 0.0241 e. The van der Waals surface area contributed by atoms with Crippen LogP contribution in [0, 0.1) is 11.8 Å². The highest BCUT2D eigenvalue weighted by atomic mass is 79.9. The van der Waals surface area contributed by atoms with Crippen LogP contribution in [-0.2, 0) is 5.41 Å². The Kier molecular flexibility index (Phi) is 3.09. The second-order valence-corrected chi connectivity index (χ2v) is 8.97. The first-order valence-corrected chi connectivity index (χ1v) is 8.03. The average molecular weight is 307 g/mol. The zero-order chi connectivity index (χ0) is 12.8. The van der Waals surface area contributed by atoms with E-state index in [-0.39, 0.29) is 0 Å². The van der Waals surface area contributed by atoms with Gasteiger partial charge in [-0.05, 0) is 61.8 Å². The van der Waals surface area contributed by atoms with Gasteiger partial charge in [0.2, 0.25) is 0 Å². The fourth-order valence-corrected chi connectivity index (χ4v) is 5.84. The van der Waals surface area contributed by atoms with E-state index >= 15 is 0 Å². The van der Waals surface area contributed by atoms with Gasteiger partial charge in [-0.15, -0.1) is 0 Å². The van der Waals surface area contributed by atoms with E-state index in [4.69, 9.17) is 0 Å². The van der Waals surface area contributed by atoms with Crippen molar-refractivity contribution in [2.24, 2.45) is 11.8 Å². The molecule has 0 amide bonds. The van der Waals surface area contributed by atoms with Crippen molar-refractivity contribution in [1.82, 2.24) is 0 Å². The molecule has 0 aromatic heterocycles. The predicted octanol–water partition coefficient (Wildman–Crippen LogP) is 5.31. The van der Waals surface area contributed by atoms with E-state index in [0.717, 1.165) is 11.8 Å². The molecule has 2 bridgehead atoms. The molecule has 0 radical (unpaired) electrons. The molecule has 2 fully saturated rings. The molecule has 18 heavy (non-hydrogen) atoms. The molecule has 4 atom stereocenters. The minimum Gasteiger partial charge on any atom is -0.0856 e. The summed E-state index contributed by atoms with van der Waals surface area (Å²) in [7, 11) is 0. The van der Waals surface area contributed by atoms with E-state index in [1.807, 2.05) is 0 Å². The lowest BCUT2D eigenvalue weighted by atomic mass is 9.54. The highest BCUT2D eigenvalue weighted by Gasteiger charge is 2.49. The van der Waals surface area contributed by atoms with Gasteiger partial charge in [0.15, 0.2) is 0 Å². The second kappa shape index (κ2) is 4.37. The quantitative estimate of drug-likeness (QED) is 0.617. The first-order chi connectivity index (χ1) is 8.49. The molecule has 1 heteroatoms. The van der Waals surface area contributed by atoms with Crippen LogP contribution < -0.4 is 0 Å². The Balaban J connectivity index is 2.01. The van der Waals surface area contributed by atoms with E-state index in [0.29, 0.717) is 9.74 Å². The maximum atomic E-state index is 4.00. The van der Waals surface area contributed by atoms with Crippen LogP contribution in [0.1, 0.15) is 51.5 Å². The summed E-state index contributed by atoms with van der Waals surface area (Å²) in [5.74, 6) is 1.79. The van der Waals surface area contributed by atoms with Gasteiger partial charge < -0.3 is 0 Å². The lowest BCUT2D eigenvalue weighted by Gasteiger charge is -2.53. The molecule has 2 aliphatic rings. The SMILES string of the molecule is CC1CC2CC(C)(Br)CC(c3ccccc3)(C1)C2. The van der Waals surface area contributed by atoms with Crippen LogP contribution in [0.15, 0.2) is 30.3 Å². The summed E-state index contributed by atoms with van der Waals surface area (Å²) in [6.07, 6.45) is 6.85. The van der Waals surface area contributed by atoms with Gasteiger partial charge in [-0.1, -0.05) is 53.2 Å². The Morgan fingerprint density at radius 1 is 1.11 bits per heavy atom. The number of alkyl halides is 1. The lowest BCUT2D eigenvalue weighted by molar-refractivity contribution is 0.0925. The summed E-state index contributed by atoms with van der Waals surface area (Å²) < 4.78 is 0.339. The van der Waals surface area contributed by atoms with Crippen molar-refractivity contribution in [2.75, 3.05) is 0 Å². The van der Waals surface area contributed by atoms with Crippen molar-refractivity contribution >= 4 is 15.9 Å². The standard InChI is InChI=1S/C17H23Br/c1-13-8-14-10-16(2,18)12-17(9-13,11-14)15-6-4-3-5-7-15/h3-7,13-14H,8-12H2,1-2H3. The van der Waals surface area contributed by atoms with Crippen molar-refractivity contribution < 1.29 is 0 Å². The van der Waals surface area contributed by atoms with E-state index < -0.39 is 0 Å². The summed E-state index contributed by atoms with van der Waals surface area (Å²) in [5.41, 5.74) is 2.01. The number of rotatable bonds is 1. The van der Waals surface area contributed by atoms with Gasteiger partial charge in [-0.2, -0.15) is 0 Å². The molecule has 0 heterocycles. The summed E-state index contributed by atoms with van der Waals surface area (Å²) in [6, 6.07) is 11.3. The number of hydrogen-bond donors (Lipinski definition) is 0. The maximum absolute atomic E-state index is 4.00. The number of halogens is 1. The van der Waals surface area contributed by atoms with Crippen LogP contribution in [0.4, 0.5) is 0 Å². The zero-order valence-electron chi connectivity index (χ0n) is 11.5. The minimum absolute atomic E-state index is 0.339. The molecule has 1 aromatic rings. The molecule has 2 aliphatic carbocycles.